The second kappa shape index (κ2) is 11.9. The molecule has 3 aliphatic heterocycles. The summed E-state index contributed by atoms with van der Waals surface area (Å²) in [5.74, 6) is 0.950. The molecule has 1 N–H and O–H groups in total. The average Bonchev–Trinajstić information content (AvgIpc) is 3.65. The van der Waals surface area contributed by atoms with Gasteiger partial charge >= 0.3 is 0 Å². The third-order valence-corrected chi connectivity index (χ3v) is 7.81. The second-order valence-corrected chi connectivity index (χ2v) is 10.5. The molecular formula is C31H32N4O6. The van der Waals surface area contributed by atoms with Gasteiger partial charge in [-0.3, -0.25) is 19.4 Å². The van der Waals surface area contributed by atoms with E-state index in [-0.39, 0.29) is 36.9 Å². The van der Waals surface area contributed by atoms with E-state index in [9.17, 15) is 14.4 Å². The summed E-state index contributed by atoms with van der Waals surface area (Å²) in [7, 11) is 0. The van der Waals surface area contributed by atoms with E-state index in [0.29, 0.717) is 68.6 Å². The van der Waals surface area contributed by atoms with Crippen molar-refractivity contribution in [1.82, 2.24) is 20.1 Å². The first-order chi connectivity index (χ1) is 20.0. The molecule has 10 nitrogen and oxygen atoms in total. The van der Waals surface area contributed by atoms with Crippen LogP contribution in [0.15, 0.2) is 67.0 Å². The average molecular weight is 557 g/mol. The van der Waals surface area contributed by atoms with Crippen molar-refractivity contribution in [1.29, 1.82) is 0 Å². The summed E-state index contributed by atoms with van der Waals surface area (Å²) >= 11 is 0. The number of rotatable bonds is 3. The van der Waals surface area contributed by atoms with Gasteiger partial charge in [0.25, 0.3) is 5.91 Å². The van der Waals surface area contributed by atoms with Crippen molar-refractivity contribution in [3.8, 4) is 17.2 Å². The van der Waals surface area contributed by atoms with Gasteiger partial charge in [-0.2, -0.15) is 0 Å². The topological polar surface area (TPSA) is 110 Å². The molecule has 41 heavy (non-hydrogen) atoms. The number of ether oxygens (including phenoxy) is 3. The molecule has 0 unspecified atom stereocenters. The zero-order valence-corrected chi connectivity index (χ0v) is 22.7. The number of nitrogens with one attached hydrogen (secondary N) is 1. The molecular weight excluding hydrogens is 524 g/mol. The number of carbonyl (C=O) groups is 3. The quantitative estimate of drug-likeness (QED) is 0.528. The summed E-state index contributed by atoms with van der Waals surface area (Å²) in [5, 5.41) is 3.07. The minimum Gasteiger partial charge on any atom is -0.492 e. The summed E-state index contributed by atoms with van der Waals surface area (Å²) in [6, 6.07) is 16.5. The van der Waals surface area contributed by atoms with E-state index >= 15 is 0 Å². The number of hydrogen-bond acceptors (Lipinski definition) is 7. The fourth-order valence-electron chi connectivity index (χ4n) is 5.66. The van der Waals surface area contributed by atoms with Crippen LogP contribution in [0.4, 0.5) is 0 Å². The van der Waals surface area contributed by atoms with Crippen molar-refractivity contribution in [2.45, 2.75) is 18.8 Å². The highest BCUT2D eigenvalue weighted by Crippen LogP contribution is 2.37. The first-order valence-electron chi connectivity index (χ1n) is 13.9. The highest BCUT2D eigenvalue weighted by Gasteiger charge is 2.41. The Balaban J connectivity index is 1.18. The summed E-state index contributed by atoms with van der Waals surface area (Å²) in [5.41, 5.74) is 2.28. The standard InChI is InChI=1S/C31H32N4O6/c36-29(14-21-4-2-9-32-17-21)34-11-3-10-33-30(37)26-19-35(31(38)23-7-8-27-28(16-23)41-20-40-27)18-25(26)22-5-1-6-24(15-22)39-13-12-34/h1-2,4-9,15-17,25-26H,3,10-14,18-20H2,(H,33,37)/t25-,26+/m1/s1. The van der Waals surface area contributed by atoms with Gasteiger partial charge in [0.05, 0.1) is 18.9 Å². The van der Waals surface area contributed by atoms with Crippen molar-refractivity contribution in [3.05, 3.63) is 83.7 Å². The van der Waals surface area contributed by atoms with Crippen LogP contribution in [0.1, 0.15) is 33.8 Å². The molecule has 3 aromatic rings. The Bertz CT molecular complexity index is 1430. The van der Waals surface area contributed by atoms with Crippen molar-refractivity contribution >= 4 is 17.7 Å². The van der Waals surface area contributed by atoms with Gasteiger partial charge in [0.2, 0.25) is 18.6 Å². The lowest BCUT2D eigenvalue weighted by molar-refractivity contribution is -0.130. The lowest BCUT2D eigenvalue weighted by Crippen LogP contribution is -2.40. The van der Waals surface area contributed by atoms with Gasteiger partial charge in [0, 0.05) is 50.1 Å². The molecule has 3 amide bonds. The molecule has 6 rings (SSSR count). The number of nitrogens with zero attached hydrogens (tertiary/aromatic N) is 3. The first-order valence-corrected chi connectivity index (χ1v) is 13.9. The molecule has 2 atom stereocenters. The largest absolute Gasteiger partial charge is 0.492 e. The normalized spacial score (nSPS) is 20.4. The van der Waals surface area contributed by atoms with Gasteiger partial charge in [0.1, 0.15) is 12.4 Å². The van der Waals surface area contributed by atoms with E-state index in [1.807, 2.05) is 36.4 Å². The molecule has 0 radical (unpaired) electrons. The number of amides is 3. The molecule has 212 valence electrons. The number of hydrogen-bond donors (Lipinski definition) is 1. The molecule has 2 aromatic carbocycles. The zero-order valence-electron chi connectivity index (χ0n) is 22.7. The van der Waals surface area contributed by atoms with E-state index in [1.165, 1.54) is 0 Å². The molecule has 1 saturated heterocycles. The van der Waals surface area contributed by atoms with Crippen LogP contribution in [0.2, 0.25) is 0 Å². The van der Waals surface area contributed by atoms with Gasteiger partial charge in [-0.1, -0.05) is 18.2 Å². The second-order valence-electron chi connectivity index (χ2n) is 10.5. The number of carbonyl (C=O) groups excluding carboxylic acids is 3. The molecule has 0 aliphatic carbocycles. The van der Waals surface area contributed by atoms with Crippen LogP contribution in [0.5, 0.6) is 17.2 Å². The summed E-state index contributed by atoms with van der Waals surface area (Å²) in [6.07, 6.45) is 4.24. The van der Waals surface area contributed by atoms with Crippen LogP contribution >= 0.6 is 0 Å². The molecule has 4 heterocycles. The Labute approximate surface area is 238 Å². The molecule has 2 bridgehead atoms. The maximum Gasteiger partial charge on any atom is 0.254 e. The molecule has 10 heteroatoms. The van der Waals surface area contributed by atoms with Gasteiger partial charge in [-0.15, -0.1) is 0 Å². The monoisotopic (exact) mass is 556 g/mol. The number of aromatic nitrogens is 1. The summed E-state index contributed by atoms with van der Waals surface area (Å²) < 4.78 is 16.9. The highest BCUT2D eigenvalue weighted by atomic mass is 16.7. The van der Waals surface area contributed by atoms with Gasteiger partial charge in [-0.05, 0) is 53.9 Å². The maximum absolute atomic E-state index is 13.5. The lowest BCUT2D eigenvalue weighted by Gasteiger charge is -2.24. The van der Waals surface area contributed by atoms with Gasteiger partial charge in [0.15, 0.2) is 11.5 Å². The maximum atomic E-state index is 13.5. The summed E-state index contributed by atoms with van der Waals surface area (Å²) in [6.45, 7) is 2.53. The predicted octanol–water partition coefficient (Wildman–Crippen LogP) is 2.64. The molecule has 3 aliphatic rings. The third kappa shape index (κ3) is 5.96. The smallest absolute Gasteiger partial charge is 0.254 e. The van der Waals surface area contributed by atoms with Crippen LogP contribution in [-0.2, 0) is 16.0 Å². The van der Waals surface area contributed by atoms with Crippen molar-refractivity contribution in [2.75, 3.05) is 46.1 Å². The number of likely N-dealkylation sites (tertiary alicyclic amines) is 1. The van der Waals surface area contributed by atoms with Crippen LogP contribution in [0.25, 0.3) is 0 Å². The molecule has 0 saturated carbocycles. The Kier molecular flexibility index (Phi) is 7.71. The Morgan fingerprint density at radius 3 is 2.68 bits per heavy atom. The van der Waals surface area contributed by atoms with Crippen LogP contribution < -0.4 is 19.5 Å². The summed E-state index contributed by atoms with van der Waals surface area (Å²) in [4.78, 5) is 47.7. The first kappa shape index (κ1) is 26.6. The molecule has 1 aromatic heterocycles. The minimum atomic E-state index is -0.422. The highest BCUT2D eigenvalue weighted by molar-refractivity contribution is 5.96. The van der Waals surface area contributed by atoms with Gasteiger partial charge < -0.3 is 29.3 Å². The Morgan fingerprint density at radius 2 is 1.80 bits per heavy atom. The van der Waals surface area contributed by atoms with Crippen molar-refractivity contribution in [2.24, 2.45) is 5.92 Å². The Morgan fingerprint density at radius 1 is 0.927 bits per heavy atom. The fourth-order valence-corrected chi connectivity index (χ4v) is 5.66. The van der Waals surface area contributed by atoms with E-state index in [2.05, 4.69) is 10.3 Å². The predicted molar refractivity (Wildman–Crippen MR) is 149 cm³/mol. The number of benzene rings is 2. The van der Waals surface area contributed by atoms with E-state index < -0.39 is 5.92 Å². The van der Waals surface area contributed by atoms with Gasteiger partial charge in [-0.25, -0.2) is 0 Å². The van der Waals surface area contributed by atoms with Crippen LogP contribution in [0, 0.1) is 5.92 Å². The van der Waals surface area contributed by atoms with Crippen LogP contribution in [-0.4, -0.2) is 78.6 Å². The van der Waals surface area contributed by atoms with Crippen molar-refractivity contribution < 1.29 is 28.6 Å². The Hall–Kier alpha value is -4.60. The fraction of sp³-hybridized carbons (Fsp3) is 0.355. The lowest BCUT2D eigenvalue weighted by atomic mass is 9.88. The molecule has 1 fully saturated rings. The third-order valence-electron chi connectivity index (χ3n) is 7.81. The van der Waals surface area contributed by atoms with E-state index in [1.54, 1.807) is 40.4 Å². The number of fused-ring (bicyclic) bond motifs is 5. The minimum absolute atomic E-state index is 0.0118. The molecule has 0 spiro atoms. The van der Waals surface area contributed by atoms with Crippen LogP contribution in [0.3, 0.4) is 0 Å². The number of pyridine rings is 1. The zero-order chi connectivity index (χ0) is 28.2. The SMILES string of the molecule is O=C1NCCCN(C(=O)Cc2cccnc2)CCOc2cccc(c2)[C@H]2CN(C(=O)c3ccc4c(c3)OCO4)C[C@H]12. The van der Waals surface area contributed by atoms with E-state index in [0.717, 1.165) is 11.1 Å². The van der Waals surface area contributed by atoms with E-state index in [4.69, 9.17) is 14.2 Å². The van der Waals surface area contributed by atoms with Crippen molar-refractivity contribution in [3.63, 3.8) is 0 Å².